The average Bonchev–Trinajstić information content (AvgIpc) is 3.35. The summed E-state index contributed by atoms with van der Waals surface area (Å²) >= 11 is 0. The number of hydrogen-bond acceptors (Lipinski definition) is 8. The molecule has 0 bridgehead atoms. The molecule has 0 unspecified atom stereocenters. The number of nitrogens with zero attached hydrogens (tertiary/aromatic N) is 1. The van der Waals surface area contributed by atoms with E-state index in [1.54, 1.807) is 43.5 Å². The van der Waals surface area contributed by atoms with Crippen LogP contribution in [0.25, 0.3) is 6.08 Å². The van der Waals surface area contributed by atoms with Gasteiger partial charge in [-0.05, 0) is 36.4 Å². The molecule has 2 aromatic rings. The highest BCUT2D eigenvalue weighted by atomic mass is 16.7. The molecule has 0 radical (unpaired) electrons. The number of hydrogen-bond donors (Lipinski definition) is 0. The molecular weight excluding hydrogens is 366 g/mol. The Kier molecular flexibility index (Phi) is 4.52. The van der Waals surface area contributed by atoms with Gasteiger partial charge in [-0.15, -0.1) is 0 Å². The van der Waals surface area contributed by atoms with E-state index in [-0.39, 0.29) is 18.4 Å². The van der Waals surface area contributed by atoms with Crippen LogP contribution in [0.3, 0.4) is 0 Å². The van der Waals surface area contributed by atoms with Gasteiger partial charge in [0.1, 0.15) is 5.75 Å². The Balaban J connectivity index is 1.74. The summed E-state index contributed by atoms with van der Waals surface area (Å²) in [5, 5.41) is 0. The summed E-state index contributed by atoms with van der Waals surface area (Å²) in [5.41, 5.74) is 1.34. The maximum atomic E-state index is 12.3. The van der Waals surface area contributed by atoms with E-state index < -0.39 is 5.97 Å². The van der Waals surface area contributed by atoms with Crippen LogP contribution in [0.1, 0.15) is 11.1 Å². The standard InChI is InChI=1S/C20H17NO7/c1-23-13-6-4-11(5-7-13)19-21-14(20(22)28-19)8-12-9-15(24-2)17-18(16(12)25-3)27-10-26-17/h4-9H,10H2,1-3H3. The average molecular weight is 383 g/mol. The first-order chi connectivity index (χ1) is 13.6. The van der Waals surface area contributed by atoms with Gasteiger partial charge in [0.15, 0.2) is 17.2 Å². The molecule has 0 atom stereocenters. The topological polar surface area (TPSA) is 84.8 Å². The molecule has 0 amide bonds. The van der Waals surface area contributed by atoms with E-state index in [4.69, 9.17) is 28.4 Å². The highest BCUT2D eigenvalue weighted by Gasteiger charge is 2.29. The molecule has 0 aromatic heterocycles. The fourth-order valence-corrected chi connectivity index (χ4v) is 2.92. The van der Waals surface area contributed by atoms with E-state index >= 15 is 0 Å². The number of carbonyl (C=O) groups excluding carboxylic acids is 1. The third-order valence-electron chi connectivity index (χ3n) is 4.27. The Labute approximate surface area is 160 Å². The van der Waals surface area contributed by atoms with Gasteiger partial charge in [0.05, 0.1) is 21.3 Å². The minimum Gasteiger partial charge on any atom is -0.497 e. The molecule has 2 aliphatic heterocycles. The van der Waals surface area contributed by atoms with E-state index in [1.807, 2.05) is 0 Å². The number of fused-ring (bicyclic) bond motifs is 1. The molecule has 28 heavy (non-hydrogen) atoms. The van der Waals surface area contributed by atoms with Gasteiger partial charge < -0.3 is 28.4 Å². The van der Waals surface area contributed by atoms with Gasteiger partial charge in [0.25, 0.3) is 0 Å². The molecule has 4 rings (SSSR count). The number of ether oxygens (including phenoxy) is 6. The van der Waals surface area contributed by atoms with E-state index in [0.29, 0.717) is 39.9 Å². The summed E-state index contributed by atoms with van der Waals surface area (Å²) in [4.78, 5) is 16.6. The summed E-state index contributed by atoms with van der Waals surface area (Å²) in [6.07, 6.45) is 1.56. The van der Waals surface area contributed by atoms with Crippen LogP contribution in [0, 0.1) is 0 Å². The van der Waals surface area contributed by atoms with Gasteiger partial charge in [0, 0.05) is 11.1 Å². The van der Waals surface area contributed by atoms with Crippen molar-refractivity contribution in [3.63, 3.8) is 0 Å². The number of benzene rings is 2. The molecule has 144 valence electrons. The van der Waals surface area contributed by atoms with Crippen LogP contribution in [0.2, 0.25) is 0 Å². The number of esters is 1. The molecule has 0 N–H and O–H groups in total. The van der Waals surface area contributed by atoms with Crippen LogP contribution in [0.5, 0.6) is 28.7 Å². The van der Waals surface area contributed by atoms with Crippen molar-refractivity contribution in [3.8, 4) is 28.7 Å². The van der Waals surface area contributed by atoms with E-state index in [2.05, 4.69) is 4.99 Å². The second-order valence-electron chi connectivity index (χ2n) is 5.83. The lowest BCUT2D eigenvalue weighted by atomic mass is 10.1. The number of cyclic esters (lactones) is 1. The number of aliphatic imine (C=N–C) groups is 1. The van der Waals surface area contributed by atoms with Crippen LogP contribution < -0.4 is 23.7 Å². The maximum absolute atomic E-state index is 12.3. The summed E-state index contributed by atoms with van der Waals surface area (Å²) in [5.74, 6) is 2.10. The van der Waals surface area contributed by atoms with Gasteiger partial charge in [-0.2, -0.15) is 0 Å². The zero-order chi connectivity index (χ0) is 19.7. The molecule has 0 aliphatic carbocycles. The van der Waals surface area contributed by atoms with Crippen molar-refractivity contribution in [2.75, 3.05) is 28.1 Å². The molecule has 2 aromatic carbocycles. The molecule has 0 saturated heterocycles. The maximum Gasteiger partial charge on any atom is 0.363 e. The van der Waals surface area contributed by atoms with Crippen molar-refractivity contribution in [3.05, 3.63) is 47.2 Å². The first-order valence-electron chi connectivity index (χ1n) is 8.36. The summed E-state index contributed by atoms with van der Waals surface area (Å²) in [6, 6.07) is 8.74. The van der Waals surface area contributed by atoms with Crippen molar-refractivity contribution in [2.45, 2.75) is 0 Å². The van der Waals surface area contributed by atoms with Gasteiger partial charge in [-0.3, -0.25) is 0 Å². The van der Waals surface area contributed by atoms with Crippen LogP contribution in [-0.4, -0.2) is 40.0 Å². The molecular formula is C20H17NO7. The lowest BCUT2D eigenvalue weighted by Gasteiger charge is -2.11. The lowest BCUT2D eigenvalue weighted by Crippen LogP contribution is -2.05. The van der Waals surface area contributed by atoms with E-state index in [0.717, 1.165) is 0 Å². The predicted molar refractivity (Wildman–Crippen MR) is 99.3 cm³/mol. The SMILES string of the molecule is COc1ccc(C2=NC(=Cc3cc(OC)c4c(c3OC)OCO4)C(=O)O2)cc1. The molecule has 0 saturated carbocycles. The quantitative estimate of drug-likeness (QED) is 0.580. The molecule has 8 nitrogen and oxygen atoms in total. The van der Waals surface area contributed by atoms with Crippen molar-refractivity contribution in [2.24, 2.45) is 4.99 Å². The molecule has 2 aliphatic rings. The van der Waals surface area contributed by atoms with Crippen LogP contribution in [0.4, 0.5) is 0 Å². The van der Waals surface area contributed by atoms with Crippen LogP contribution >= 0.6 is 0 Å². The minimum absolute atomic E-state index is 0.0594. The van der Waals surface area contributed by atoms with Crippen molar-refractivity contribution >= 4 is 17.9 Å². The zero-order valence-corrected chi connectivity index (χ0v) is 15.5. The number of rotatable bonds is 5. The normalized spacial score (nSPS) is 16.0. The van der Waals surface area contributed by atoms with Crippen molar-refractivity contribution in [1.82, 2.24) is 0 Å². The second-order valence-corrected chi connectivity index (χ2v) is 5.83. The minimum atomic E-state index is -0.565. The third kappa shape index (κ3) is 2.98. The Morgan fingerprint density at radius 3 is 2.43 bits per heavy atom. The predicted octanol–water partition coefficient (Wildman–Crippen LogP) is 2.79. The summed E-state index contributed by atoms with van der Waals surface area (Å²) < 4.78 is 32.1. The fourth-order valence-electron chi connectivity index (χ4n) is 2.92. The molecule has 8 heteroatoms. The Morgan fingerprint density at radius 2 is 1.75 bits per heavy atom. The smallest absolute Gasteiger partial charge is 0.363 e. The van der Waals surface area contributed by atoms with Crippen molar-refractivity contribution in [1.29, 1.82) is 0 Å². The molecule has 0 spiro atoms. The van der Waals surface area contributed by atoms with Crippen LogP contribution in [0.15, 0.2) is 41.0 Å². The van der Waals surface area contributed by atoms with Crippen molar-refractivity contribution < 1.29 is 33.2 Å². The Morgan fingerprint density at radius 1 is 1.00 bits per heavy atom. The monoisotopic (exact) mass is 383 g/mol. The Bertz CT molecular complexity index is 993. The summed E-state index contributed by atoms with van der Waals surface area (Å²) in [7, 11) is 4.60. The molecule has 0 fully saturated rings. The first kappa shape index (κ1) is 17.7. The number of carbonyl (C=O) groups is 1. The van der Waals surface area contributed by atoms with E-state index in [9.17, 15) is 4.79 Å². The summed E-state index contributed by atoms with van der Waals surface area (Å²) in [6.45, 7) is 0.0594. The van der Waals surface area contributed by atoms with Gasteiger partial charge in [0.2, 0.25) is 24.2 Å². The number of methoxy groups -OCH3 is 3. The largest absolute Gasteiger partial charge is 0.497 e. The highest BCUT2D eigenvalue weighted by molar-refractivity contribution is 6.13. The van der Waals surface area contributed by atoms with Gasteiger partial charge in [-0.1, -0.05) is 0 Å². The third-order valence-corrected chi connectivity index (χ3v) is 4.27. The van der Waals surface area contributed by atoms with Crippen LogP contribution in [-0.2, 0) is 9.53 Å². The van der Waals surface area contributed by atoms with Gasteiger partial charge in [-0.25, -0.2) is 9.79 Å². The Hall–Kier alpha value is -3.68. The first-order valence-corrected chi connectivity index (χ1v) is 8.36. The van der Waals surface area contributed by atoms with Gasteiger partial charge >= 0.3 is 5.97 Å². The van der Waals surface area contributed by atoms with E-state index in [1.165, 1.54) is 14.2 Å². The fraction of sp³-hybridized carbons (Fsp3) is 0.200. The zero-order valence-electron chi connectivity index (χ0n) is 15.5. The molecule has 2 heterocycles. The lowest BCUT2D eigenvalue weighted by molar-refractivity contribution is -0.129. The second kappa shape index (κ2) is 7.15. The highest BCUT2D eigenvalue weighted by Crippen LogP contribution is 2.50.